The highest BCUT2D eigenvalue weighted by Crippen LogP contribution is 2.48. The monoisotopic (exact) mass is 200 g/mol. The minimum absolute atomic E-state index is 0.00125. The summed E-state index contributed by atoms with van der Waals surface area (Å²) in [5.74, 6) is 0. The lowest BCUT2D eigenvalue weighted by Gasteiger charge is -2.12. The maximum atomic E-state index is 12.4. The number of halogens is 3. The van der Waals surface area contributed by atoms with Gasteiger partial charge in [-0.25, -0.2) is 0 Å². The fourth-order valence-corrected chi connectivity index (χ4v) is 1.55. The topological polar surface area (TPSA) is 0 Å². The third-order valence-electron chi connectivity index (χ3n) is 2.89. The second kappa shape index (κ2) is 2.75. The van der Waals surface area contributed by atoms with Crippen LogP contribution in [0.1, 0.15) is 30.9 Å². The van der Waals surface area contributed by atoms with E-state index in [2.05, 4.69) is 0 Å². The summed E-state index contributed by atoms with van der Waals surface area (Å²) in [4.78, 5) is 0. The largest absolute Gasteiger partial charge is 0.416 e. The van der Waals surface area contributed by atoms with Gasteiger partial charge in [-0.2, -0.15) is 13.2 Å². The number of alkyl halides is 3. The van der Waals surface area contributed by atoms with Crippen molar-refractivity contribution in [2.24, 2.45) is 0 Å². The van der Waals surface area contributed by atoms with Crippen molar-refractivity contribution in [3.8, 4) is 0 Å². The third-order valence-corrected chi connectivity index (χ3v) is 2.89. The summed E-state index contributed by atoms with van der Waals surface area (Å²) in [6.45, 7) is 2.00. The van der Waals surface area contributed by atoms with E-state index in [9.17, 15) is 13.2 Å². The minimum Gasteiger partial charge on any atom is -0.166 e. The Labute approximate surface area is 80.7 Å². The molecule has 1 aromatic rings. The molecule has 0 N–H and O–H groups in total. The predicted octanol–water partition coefficient (Wildman–Crippen LogP) is 3.76. The molecular formula is C11H11F3. The Morgan fingerprint density at radius 2 is 1.86 bits per heavy atom. The van der Waals surface area contributed by atoms with Crippen molar-refractivity contribution < 1.29 is 13.2 Å². The highest BCUT2D eigenvalue weighted by atomic mass is 19.4. The van der Waals surface area contributed by atoms with Crippen LogP contribution in [-0.2, 0) is 11.6 Å². The van der Waals surface area contributed by atoms with E-state index in [1.54, 1.807) is 6.07 Å². The van der Waals surface area contributed by atoms with Gasteiger partial charge in [-0.1, -0.05) is 25.1 Å². The van der Waals surface area contributed by atoms with E-state index in [4.69, 9.17) is 0 Å². The van der Waals surface area contributed by atoms with Crippen molar-refractivity contribution >= 4 is 0 Å². The van der Waals surface area contributed by atoms with Gasteiger partial charge in [0.05, 0.1) is 5.56 Å². The molecule has 1 fully saturated rings. The second-order valence-electron chi connectivity index (χ2n) is 4.14. The quantitative estimate of drug-likeness (QED) is 0.647. The zero-order valence-electron chi connectivity index (χ0n) is 7.86. The molecule has 0 bridgehead atoms. The van der Waals surface area contributed by atoms with E-state index in [0.29, 0.717) is 0 Å². The number of hydrogen-bond donors (Lipinski definition) is 0. The lowest BCUT2D eigenvalue weighted by molar-refractivity contribution is -0.137. The molecule has 14 heavy (non-hydrogen) atoms. The molecule has 0 aliphatic heterocycles. The summed E-state index contributed by atoms with van der Waals surface area (Å²) in [5.41, 5.74) is 0.275. The summed E-state index contributed by atoms with van der Waals surface area (Å²) in [6.07, 6.45) is -2.23. The van der Waals surface area contributed by atoms with Crippen LogP contribution in [0.5, 0.6) is 0 Å². The highest BCUT2D eigenvalue weighted by molar-refractivity contribution is 5.34. The summed E-state index contributed by atoms with van der Waals surface area (Å²) in [7, 11) is 0. The van der Waals surface area contributed by atoms with Gasteiger partial charge < -0.3 is 0 Å². The van der Waals surface area contributed by atoms with Gasteiger partial charge in [-0.15, -0.1) is 0 Å². The van der Waals surface area contributed by atoms with Crippen molar-refractivity contribution in [2.75, 3.05) is 0 Å². The third kappa shape index (κ3) is 1.63. The van der Waals surface area contributed by atoms with Crippen molar-refractivity contribution in [2.45, 2.75) is 31.4 Å². The molecule has 0 aromatic heterocycles. The van der Waals surface area contributed by atoms with Gasteiger partial charge >= 0.3 is 6.18 Å². The molecule has 1 aromatic carbocycles. The van der Waals surface area contributed by atoms with Gasteiger partial charge in [-0.05, 0) is 29.9 Å². The van der Waals surface area contributed by atoms with Gasteiger partial charge in [0.15, 0.2) is 0 Å². The van der Waals surface area contributed by atoms with Crippen LogP contribution in [0.2, 0.25) is 0 Å². The summed E-state index contributed by atoms with van der Waals surface area (Å²) >= 11 is 0. The Morgan fingerprint density at radius 1 is 1.21 bits per heavy atom. The normalized spacial score (nSPS) is 19.4. The van der Waals surface area contributed by atoms with Crippen LogP contribution in [0.3, 0.4) is 0 Å². The number of hydrogen-bond acceptors (Lipinski definition) is 0. The van der Waals surface area contributed by atoms with Crippen LogP contribution in [0, 0.1) is 0 Å². The Bertz CT molecular complexity index is 327. The molecule has 0 unspecified atom stereocenters. The van der Waals surface area contributed by atoms with E-state index < -0.39 is 11.7 Å². The molecule has 0 atom stereocenters. The maximum Gasteiger partial charge on any atom is 0.416 e. The molecule has 0 amide bonds. The standard InChI is InChI=1S/C11H11F3/c1-10(5-6-10)8-3-2-4-9(7-8)11(12,13)14/h2-4,7H,5-6H2,1H3. The summed E-state index contributed by atoms with van der Waals surface area (Å²) in [6, 6.07) is 5.66. The fraction of sp³-hybridized carbons (Fsp3) is 0.455. The van der Waals surface area contributed by atoms with Crippen molar-refractivity contribution in [3.63, 3.8) is 0 Å². The first-order valence-corrected chi connectivity index (χ1v) is 4.60. The predicted molar refractivity (Wildman–Crippen MR) is 48.0 cm³/mol. The van der Waals surface area contributed by atoms with Gasteiger partial charge in [-0.3, -0.25) is 0 Å². The molecule has 2 rings (SSSR count). The van der Waals surface area contributed by atoms with Gasteiger partial charge in [0.25, 0.3) is 0 Å². The smallest absolute Gasteiger partial charge is 0.166 e. The molecule has 0 heterocycles. The van der Waals surface area contributed by atoms with E-state index in [1.807, 2.05) is 6.92 Å². The Balaban J connectivity index is 2.37. The zero-order valence-corrected chi connectivity index (χ0v) is 7.86. The van der Waals surface area contributed by atoms with Gasteiger partial charge in [0.2, 0.25) is 0 Å². The van der Waals surface area contributed by atoms with E-state index in [0.717, 1.165) is 24.5 Å². The molecular weight excluding hydrogens is 189 g/mol. The summed E-state index contributed by atoms with van der Waals surface area (Å²) < 4.78 is 37.1. The molecule has 0 saturated heterocycles. The Morgan fingerprint density at radius 3 is 2.36 bits per heavy atom. The zero-order chi connectivity index (χ0) is 10.4. The lowest BCUT2D eigenvalue weighted by Crippen LogP contribution is -2.07. The number of benzene rings is 1. The highest BCUT2D eigenvalue weighted by Gasteiger charge is 2.40. The van der Waals surface area contributed by atoms with Crippen LogP contribution >= 0.6 is 0 Å². The van der Waals surface area contributed by atoms with Crippen molar-refractivity contribution in [3.05, 3.63) is 35.4 Å². The van der Waals surface area contributed by atoms with Crippen LogP contribution in [-0.4, -0.2) is 0 Å². The molecule has 1 aliphatic carbocycles. The molecule has 0 nitrogen and oxygen atoms in total. The maximum absolute atomic E-state index is 12.4. The molecule has 0 radical (unpaired) electrons. The van der Waals surface area contributed by atoms with Crippen molar-refractivity contribution in [1.29, 1.82) is 0 Å². The minimum atomic E-state index is -4.22. The fourth-order valence-electron chi connectivity index (χ4n) is 1.55. The van der Waals surface area contributed by atoms with Crippen molar-refractivity contribution in [1.82, 2.24) is 0 Å². The van der Waals surface area contributed by atoms with Crippen LogP contribution in [0.25, 0.3) is 0 Å². The Hall–Kier alpha value is -0.990. The van der Waals surface area contributed by atoms with Crippen LogP contribution in [0.15, 0.2) is 24.3 Å². The Kier molecular flexibility index (Phi) is 1.88. The van der Waals surface area contributed by atoms with E-state index in [-0.39, 0.29) is 5.41 Å². The average Bonchev–Trinajstić information content (AvgIpc) is 2.84. The van der Waals surface area contributed by atoms with Gasteiger partial charge in [0, 0.05) is 0 Å². The molecule has 3 heteroatoms. The first-order chi connectivity index (χ1) is 6.42. The first kappa shape index (κ1) is 9.56. The van der Waals surface area contributed by atoms with E-state index in [1.165, 1.54) is 12.1 Å². The number of rotatable bonds is 1. The van der Waals surface area contributed by atoms with Gasteiger partial charge in [0.1, 0.15) is 0 Å². The molecule has 1 saturated carbocycles. The van der Waals surface area contributed by atoms with Crippen LogP contribution in [0.4, 0.5) is 13.2 Å². The second-order valence-corrected chi connectivity index (χ2v) is 4.14. The lowest BCUT2D eigenvalue weighted by atomic mass is 9.96. The van der Waals surface area contributed by atoms with Crippen LogP contribution < -0.4 is 0 Å². The average molecular weight is 200 g/mol. The molecule has 0 spiro atoms. The first-order valence-electron chi connectivity index (χ1n) is 4.60. The molecule has 1 aliphatic rings. The SMILES string of the molecule is CC1(c2cccc(C(F)(F)F)c2)CC1. The summed E-state index contributed by atoms with van der Waals surface area (Å²) in [5, 5.41) is 0. The van der Waals surface area contributed by atoms with E-state index >= 15 is 0 Å². The molecule has 76 valence electrons.